The minimum atomic E-state index is -0.796. The van der Waals surface area contributed by atoms with Gasteiger partial charge in [-0.25, -0.2) is 8.78 Å². The Morgan fingerprint density at radius 1 is 0.875 bits per heavy atom. The van der Waals surface area contributed by atoms with Gasteiger partial charge < -0.3 is 14.2 Å². The van der Waals surface area contributed by atoms with Gasteiger partial charge in [-0.05, 0) is 43.2 Å². The number of rotatable bonds is 5. The molecular weight excluding hydrogens is 318 g/mol. The van der Waals surface area contributed by atoms with E-state index in [9.17, 15) is 13.6 Å². The van der Waals surface area contributed by atoms with Crippen LogP contribution in [0.3, 0.4) is 0 Å². The molecule has 0 unspecified atom stereocenters. The molecule has 24 heavy (non-hydrogen) atoms. The lowest BCUT2D eigenvalue weighted by Crippen LogP contribution is -2.12. The van der Waals surface area contributed by atoms with Crippen LogP contribution in [0.5, 0.6) is 17.2 Å². The Morgan fingerprint density at radius 3 is 2.00 bits per heavy atom. The highest BCUT2D eigenvalue weighted by atomic mass is 19.1. The van der Waals surface area contributed by atoms with Gasteiger partial charge in [0.15, 0.2) is 17.3 Å². The van der Waals surface area contributed by atoms with Gasteiger partial charge in [-0.2, -0.15) is 0 Å². The third-order valence-corrected chi connectivity index (χ3v) is 3.83. The van der Waals surface area contributed by atoms with Gasteiger partial charge in [0.2, 0.25) is 5.75 Å². The van der Waals surface area contributed by atoms with E-state index in [4.69, 9.17) is 14.2 Å². The smallest absolute Gasteiger partial charge is 0.204 e. The van der Waals surface area contributed by atoms with E-state index < -0.39 is 17.4 Å². The summed E-state index contributed by atoms with van der Waals surface area (Å²) in [7, 11) is 4.22. The third kappa shape index (κ3) is 2.79. The van der Waals surface area contributed by atoms with Crippen molar-refractivity contribution < 1.29 is 27.8 Å². The Balaban J connectivity index is 2.78. The van der Waals surface area contributed by atoms with Crippen LogP contribution in [-0.4, -0.2) is 27.1 Å². The summed E-state index contributed by atoms with van der Waals surface area (Å²) in [6, 6.07) is 3.50. The molecule has 0 radical (unpaired) electrons. The Hall–Kier alpha value is -2.63. The summed E-state index contributed by atoms with van der Waals surface area (Å²) in [5, 5.41) is 0. The maximum Gasteiger partial charge on any atom is 0.204 e. The summed E-state index contributed by atoms with van der Waals surface area (Å²) in [5.41, 5.74) is 0.208. The molecule has 0 N–H and O–H groups in total. The summed E-state index contributed by atoms with van der Waals surface area (Å²) in [4.78, 5) is 12.9. The Bertz CT molecular complexity index is 800. The molecule has 0 aromatic heterocycles. The van der Waals surface area contributed by atoms with Crippen molar-refractivity contribution in [2.24, 2.45) is 0 Å². The highest BCUT2D eigenvalue weighted by molar-refractivity contribution is 6.13. The summed E-state index contributed by atoms with van der Waals surface area (Å²) >= 11 is 0. The van der Waals surface area contributed by atoms with E-state index >= 15 is 0 Å². The van der Waals surface area contributed by atoms with E-state index in [0.717, 1.165) is 12.1 Å². The molecule has 0 amide bonds. The van der Waals surface area contributed by atoms with Gasteiger partial charge in [-0.15, -0.1) is 0 Å². The maximum atomic E-state index is 14.2. The number of hydrogen-bond acceptors (Lipinski definition) is 4. The average molecular weight is 336 g/mol. The number of halogens is 2. The molecule has 0 heterocycles. The number of benzene rings is 2. The van der Waals surface area contributed by atoms with Crippen molar-refractivity contribution in [2.75, 3.05) is 21.3 Å². The second-order valence-electron chi connectivity index (χ2n) is 5.20. The molecule has 0 saturated carbocycles. The quantitative estimate of drug-likeness (QED) is 0.778. The zero-order chi connectivity index (χ0) is 18.0. The summed E-state index contributed by atoms with van der Waals surface area (Å²) in [6.45, 7) is 3.01. The average Bonchev–Trinajstić information content (AvgIpc) is 2.56. The number of carbonyl (C=O) groups is 1. The molecule has 0 saturated heterocycles. The van der Waals surface area contributed by atoms with E-state index in [0.29, 0.717) is 11.3 Å². The van der Waals surface area contributed by atoms with Crippen molar-refractivity contribution in [3.8, 4) is 17.2 Å². The molecule has 0 aliphatic carbocycles. The van der Waals surface area contributed by atoms with Crippen LogP contribution in [0, 0.1) is 25.5 Å². The van der Waals surface area contributed by atoms with Crippen molar-refractivity contribution in [1.82, 2.24) is 0 Å². The van der Waals surface area contributed by atoms with Gasteiger partial charge in [-0.3, -0.25) is 4.79 Å². The normalized spacial score (nSPS) is 10.5. The third-order valence-electron chi connectivity index (χ3n) is 3.83. The maximum absolute atomic E-state index is 14.2. The minimum absolute atomic E-state index is 0.0590. The van der Waals surface area contributed by atoms with Crippen molar-refractivity contribution in [2.45, 2.75) is 13.8 Å². The molecular formula is C18H18F2O4. The van der Waals surface area contributed by atoms with Crippen LogP contribution >= 0.6 is 0 Å². The fraction of sp³-hybridized carbons (Fsp3) is 0.278. The first-order valence-electron chi connectivity index (χ1n) is 7.16. The van der Waals surface area contributed by atoms with Gasteiger partial charge in [0.25, 0.3) is 0 Å². The van der Waals surface area contributed by atoms with Crippen LogP contribution in [0.25, 0.3) is 0 Å². The lowest BCUT2D eigenvalue weighted by atomic mass is 9.94. The molecule has 0 spiro atoms. The van der Waals surface area contributed by atoms with Crippen LogP contribution in [0.2, 0.25) is 0 Å². The predicted molar refractivity (Wildman–Crippen MR) is 85.4 cm³/mol. The van der Waals surface area contributed by atoms with E-state index in [1.54, 1.807) is 13.0 Å². The Labute approximate surface area is 139 Å². The van der Waals surface area contributed by atoms with E-state index in [1.165, 1.54) is 28.3 Å². The molecule has 0 fully saturated rings. The van der Waals surface area contributed by atoms with Crippen molar-refractivity contribution >= 4 is 5.78 Å². The van der Waals surface area contributed by atoms with Crippen LogP contribution in [0.15, 0.2) is 18.2 Å². The fourth-order valence-corrected chi connectivity index (χ4v) is 2.62. The second-order valence-corrected chi connectivity index (χ2v) is 5.20. The molecule has 2 aromatic carbocycles. The molecule has 4 nitrogen and oxygen atoms in total. The summed E-state index contributed by atoms with van der Waals surface area (Å²) in [5.74, 6) is -1.43. The molecule has 0 bridgehead atoms. The van der Waals surface area contributed by atoms with Crippen LogP contribution in [0.1, 0.15) is 27.0 Å². The predicted octanol–water partition coefficient (Wildman–Crippen LogP) is 3.84. The number of ketones is 1. The Morgan fingerprint density at radius 2 is 1.46 bits per heavy atom. The first kappa shape index (κ1) is 17.7. The molecule has 0 aliphatic rings. The first-order chi connectivity index (χ1) is 11.4. The lowest BCUT2D eigenvalue weighted by Gasteiger charge is -2.18. The van der Waals surface area contributed by atoms with Crippen molar-refractivity contribution in [3.63, 3.8) is 0 Å². The molecule has 2 rings (SSSR count). The van der Waals surface area contributed by atoms with E-state index in [1.807, 2.05) is 0 Å². The first-order valence-corrected chi connectivity index (χ1v) is 7.16. The topological polar surface area (TPSA) is 44.8 Å². The van der Waals surface area contributed by atoms with Gasteiger partial charge in [0.05, 0.1) is 32.5 Å². The molecule has 0 atom stereocenters. The van der Waals surface area contributed by atoms with Crippen molar-refractivity contribution in [1.29, 1.82) is 0 Å². The zero-order valence-electron chi connectivity index (χ0n) is 14.1. The number of methoxy groups -OCH3 is 3. The SMILES string of the molecule is COc1cc(C)c(C(=O)c2c(F)ccc(F)c2C)c(OC)c1OC. The lowest BCUT2D eigenvalue weighted by molar-refractivity contribution is 0.102. The van der Waals surface area contributed by atoms with Crippen molar-refractivity contribution in [3.05, 3.63) is 52.1 Å². The van der Waals surface area contributed by atoms with Gasteiger partial charge in [-0.1, -0.05) is 0 Å². The molecule has 128 valence electrons. The largest absolute Gasteiger partial charge is 0.493 e. The molecule has 0 aliphatic heterocycles. The standard InChI is InChI=1S/C18H18F2O4/c1-9-8-13(22-3)17(23-4)18(24-5)14(9)16(21)15-10(2)11(19)6-7-12(15)20/h6-8H,1-5H3. The fourth-order valence-electron chi connectivity index (χ4n) is 2.62. The van der Waals surface area contributed by atoms with Gasteiger partial charge >= 0.3 is 0 Å². The van der Waals surface area contributed by atoms with Crippen LogP contribution in [0.4, 0.5) is 8.78 Å². The highest BCUT2D eigenvalue weighted by Gasteiger charge is 2.28. The summed E-state index contributed by atoms with van der Waals surface area (Å²) < 4.78 is 43.7. The van der Waals surface area contributed by atoms with Gasteiger partial charge in [0, 0.05) is 0 Å². The number of carbonyl (C=O) groups excluding carboxylic acids is 1. The molecule has 6 heteroatoms. The monoisotopic (exact) mass is 336 g/mol. The zero-order valence-corrected chi connectivity index (χ0v) is 14.1. The van der Waals surface area contributed by atoms with Crippen LogP contribution in [-0.2, 0) is 0 Å². The van der Waals surface area contributed by atoms with E-state index in [-0.39, 0.29) is 28.2 Å². The highest BCUT2D eigenvalue weighted by Crippen LogP contribution is 2.43. The van der Waals surface area contributed by atoms with E-state index in [2.05, 4.69) is 0 Å². The number of aryl methyl sites for hydroxylation is 1. The number of ether oxygens (including phenoxy) is 3. The van der Waals surface area contributed by atoms with Gasteiger partial charge in [0.1, 0.15) is 11.6 Å². The minimum Gasteiger partial charge on any atom is -0.493 e. The van der Waals surface area contributed by atoms with Crippen LogP contribution < -0.4 is 14.2 Å². The second kappa shape index (κ2) is 6.86. The molecule has 2 aromatic rings. The Kier molecular flexibility index (Phi) is 5.07. The number of hydrogen-bond donors (Lipinski definition) is 0. The summed E-state index contributed by atoms with van der Waals surface area (Å²) in [6.07, 6.45) is 0.